The number of anilines is 1. The highest BCUT2D eigenvalue weighted by atomic mass is 16.5. The number of amides is 1. The van der Waals surface area contributed by atoms with E-state index in [2.05, 4.69) is 26.7 Å². The first kappa shape index (κ1) is 18.4. The van der Waals surface area contributed by atoms with E-state index in [-0.39, 0.29) is 5.91 Å². The van der Waals surface area contributed by atoms with Gasteiger partial charge in [-0.15, -0.1) is 0 Å². The van der Waals surface area contributed by atoms with E-state index in [0.717, 1.165) is 30.0 Å². The number of rotatable bonds is 8. The third kappa shape index (κ3) is 5.54. The molecule has 0 aliphatic heterocycles. The van der Waals surface area contributed by atoms with Gasteiger partial charge in [0.25, 0.3) is 5.91 Å². The molecule has 0 saturated heterocycles. The molecule has 1 amide bonds. The van der Waals surface area contributed by atoms with Gasteiger partial charge in [0.05, 0.1) is 18.4 Å². The first-order valence-corrected chi connectivity index (χ1v) is 8.73. The lowest BCUT2D eigenvalue weighted by Gasteiger charge is -2.09. The molecule has 0 radical (unpaired) electrons. The summed E-state index contributed by atoms with van der Waals surface area (Å²) in [5, 5.41) is 6.18. The fraction of sp³-hybridized carbons (Fsp3) is 0.190. The third-order valence-corrected chi connectivity index (χ3v) is 4.05. The monoisotopic (exact) mass is 362 g/mol. The Morgan fingerprint density at radius 2 is 1.93 bits per heavy atom. The second-order valence-corrected chi connectivity index (χ2v) is 6.03. The SMILES string of the molecule is COc1cccc(CCNc2cncc(C(=O)NCc3cccnc3)c2)c1. The molecule has 6 heteroatoms. The van der Waals surface area contributed by atoms with Crippen LogP contribution >= 0.6 is 0 Å². The number of methoxy groups -OCH3 is 1. The number of carbonyl (C=O) groups excluding carboxylic acids is 1. The van der Waals surface area contributed by atoms with Crippen LogP contribution in [0.4, 0.5) is 5.69 Å². The Hall–Kier alpha value is -3.41. The van der Waals surface area contributed by atoms with Crippen LogP contribution in [0.1, 0.15) is 21.5 Å². The second kappa shape index (κ2) is 9.33. The van der Waals surface area contributed by atoms with Crippen molar-refractivity contribution in [1.82, 2.24) is 15.3 Å². The molecule has 0 fully saturated rings. The second-order valence-electron chi connectivity index (χ2n) is 6.03. The summed E-state index contributed by atoms with van der Waals surface area (Å²) in [5.74, 6) is 0.684. The summed E-state index contributed by atoms with van der Waals surface area (Å²) in [6.07, 6.45) is 7.55. The van der Waals surface area contributed by atoms with E-state index in [1.165, 1.54) is 5.56 Å². The number of pyridine rings is 2. The van der Waals surface area contributed by atoms with Gasteiger partial charge in [-0.2, -0.15) is 0 Å². The summed E-state index contributed by atoms with van der Waals surface area (Å²) >= 11 is 0. The molecule has 3 aromatic rings. The highest BCUT2D eigenvalue weighted by Gasteiger charge is 2.07. The number of nitrogens with one attached hydrogen (secondary N) is 2. The lowest BCUT2D eigenvalue weighted by atomic mass is 10.1. The molecule has 6 nitrogen and oxygen atoms in total. The normalized spacial score (nSPS) is 10.3. The minimum atomic E-state index is -0.164. The van der Waals surface area contributed by atoms with Gasteiger partial charge >= 0.3 is 0 Å². The molecule has 0 bridgehead atoms. The summed E-state index contributed by atoms with van der Waals surface area (Å²) < 4.78 is 5.24. The number of benzene rings is 1. The maximum atomic E-state index is 12.3. The molecule has 0 unspecified atom stereocenters. The van der Waals surface area contributed by atoms with Crippen LogP contribution < -0.4 is 15.4 Å². The molecule has 2 N–H and O–H groups in total. The third-order valence-electron chi connectivity index (χ3n) is 4.05. The van der Waals surface area contributed by atoms with Gasteiger partial charge in [-0.3, -0.25) is 14.8 Å². The van der Waals surface area contributed by atoms with E-state index in [4.69, 9.17) is 4.74 Å². The molecular formula is C21H22N4O2. The average molecular weight is 362 g/mol. The highest BCUT2D eigenvalue weighted by Crippen LogP contribution is 2.14. The van der Waals surface area contributed by atoms with Crippen LogP contribution in [-0.4, -0.2) is 29.5 Å². The van der Waals surface area contributed by atoms with Gasteiger partial charge in [0, 0.05) is 37.9 Å². The maximum absolute atomic E-state index is 12.3. The predicted molar refractivity (Wildman–Crippen MR) is 105 cm³/mol. The number of aromatic nitrogens is 2. The van der Waals surface area contributed by atoms with Crippen molar-refractivity contribution in [3.05, 3.63) is 83.9 Å². The fourth-order valence-corrected chi connectivity index (χ4v) is 2.63. The largest absolute Gasteiger partial charge is 0.497 e. The summed E-state index contributed by atoms with van der Waals surface area (Å²) in [5.41, 5.74) is 3.46. The molecule has 2 heterocycles. The summed E-state index contributed by atoms with van der Waals surface area (Å²) in [6.45, 7) is 1.16. The maximum Gasteiger partial charge on any atom is 0.253 e. The molecule has 27 heavy (non-hydrogen) atoms. The first-order chi connectivity index (χ1) is 13.2. The zero-order valence-corrected chi connectivity index (χ0v) is 15.2. The molecule has 3 rings (SSSR count). The van der Waals surface area contributed by atoms with Crippen molar-refractivity contribution in [3.63, 3.8) is 0 Å². The average Bonchev–Trinajstić information content (AvgIpc) is 2.73. The summed E-state index contributed by atoms with van der Waals surface area (Å²) in [6, 6.07) is 13.5. The topological polar surface area (TPSA) is 76.1 Å². The van der Waals surface area contributed by atoms with Crippen LogP contribution in [-0.2, 0) is 13.0 Å². The molecule has 0 atom stereocenters. The molecule has 1 aromatic carbocycles. The van der Waals surface area contributed by atoms with Gasteiger partial charge in [-0.05, 0) is 41.8 Å². The molecule has 0 spiro atoms. The van der Waals surface area contributed by atoms with Crippen LogP contribution in [0.2, 0.25) is 0 Å². The van der Waals surface area contributed by atoms with E-state index in [1.807, 2.05) is 30.3 Å². The van der Waals surface area contributed by atoms with Crippen LogP contribution in [0.15, 0.2) is 67.3 Å². The molecule has 2 aromatic heterocycles. The molecule has 0 aliphatic rings. The smallest absolute Gasteiger partial charge is 0.253 e. The fourth-order valence-electron chi connectivity index (χ4n) is 2.63. The van der Waals surface area contributed by atoms with Gasteiger partial charge in [-0.1, -0.05) is 18.2 Å². The minimum absolute atomic E-state index is 0.164. The number of ether oxygens (including phenoxy) is 1. The van der Waals surface area contributed by atoms with Gasteiger partial charge in [0.2, 0.25) is 0 Å². The van der Waals surface area contributed by atoms with Crippen molar-refractivity contribution in [2.45, 2.75) is 13.0 Å². The summed E-state index contributed by atoms with van der Waals surface area (Å²) in [7, 11) is 1.66. The highest BCUT2D eigenvalue weighted by molar-refractivity contribution is 5.94. The Labute approximate surface area is 158 Å². The zero-order chi connectivity index (χ0) is 18.9. The van der Waals surface area contributed by atoms with Crippen molar-refractivity contribution >= 4 is 11.6 Å². The number of nitrogens with zero attached hydrogens (tertiary/aromatic N) is 2. The van der Waals surface area contributed by atoms with Crippen molar-refractivity contribution in [1.29, 1.82) is 0 Å². The lowest BCUT2D eigenvalue weighted by molar-refractivity contribution is 0.0950. The Bertz CT molecular complexity index is 884. The molecule has 0 saturated carbocycles. The van der Waals surface area contributed by atoms with Crippen LogP contribution in [0.5, 0.6) is 5.75 Å². The van der Waals surface area contributed by atoms with Gasteiger partial charge in [-0.25, -0.2) is 0 Å². The van der Waals surface area contributed by atoms with Gasteiger partial charge < -0.3 is 15.4 Å². The lowest BCUT2D eigenvalue weighted by Crippen LogP contribution is -2.23. The minimum Gasteiger partial charge on any atom is -0.497 e. The zero-order valence-electron chi connectivity index (χ0n) is 15.2. The standard InChI is InChI=1S/C21H22N4O2/c1-27-20-6-2-4-16(10-20)7-9-24-19-11-18(14-23-15-19)21(26)25-13-17-5-3-8-22-12-17/h2-6,8,10-12,14-15,24H,7,9,13H2,1H3,(H,25,26). The van der Waals surface area contributed by atoms with E-state index in [1.54, 1.807) is 38.0 Å². The van der Waals surface area contributed by atoms with Crippen molar-refractivity contribution in [2.24, 2.45) is 0 Å². The number of hydrogen-bond acceptors (Lipinski definition) is 5. The van der Waals surface area contributed by atoms with Crippen LogP contribution in [0.3, 0.4) is 0 Å². The van der Waals surface area contributed by atoms with Crippen LogP contribution in [0, 0.1) is 0 Å². The van der Waals surface area contributed by atoms with Gasteiger partial charge in [0.15, 0.2) is 0 Å². The van der Waals surface area contributed by atoms with E-state index in [0.29, 0.717) is 12.1 Å². The molecular weight excluding hydrogens is 340 g/mol. The number of hydrogen-bond donors (Lipinski definition) is 2. The Kier molecular flexibility index (Phi) is 6.35. The van der Waals surface area contributed by atoms with Crippen LogP contribution in [0.25, 0.3) is 0 Å². The van der Waals surface area contributed by atoms with Crippen molar-refractivity contribution in [2.75, 3.05) is 19.0 Å². The van der Waals surface area contributed by atoms with Crippen molar-refractivity contribution < 1.29 is 9.53 Å². The predicted octanol–water partition coefficient (Wildman–Crippen LogP) is 3.07. The summed E-state index contributed by atoms with van der Waals surface area (Å²) in [4.78, 5) is 20.5. The Balaban J connectivity index is 1.52. The molecule has 138 valence electrons. The van der Waals surface area contributed by atoms with E-state index >= 15 is 0 Å². The van der Waals surface area contributed by atoms with Gasteiger partial charge in [0.1, 0.15) is 5.75 Å². The van der Waals surface area contributed by atoms with E-state index in [9.17, 15) is 4.79 Å². The van der Waals surface area contributed by atoms with E-state index < -0.39 is 0 Å². The first-order valence-electron chi connectivity index (χ1n) is 8.73. The molecule has 0 aliphatic carbocycles. The quantitative estimate of drug-likeness (QED) is 0.644. The van der Waals surface area contributed by atoms with Crippen molar-refractivity contribution in [3.8, 4) is 5.75 Å². The Morgan fingerprint density at radius 3 is 2.74 bits per heavy atom. The number of carbonyl (C=O) groups is 1. The Morgan fingerprint density at radius 1 is 1.04 bits per heavy atom.